The second-order valence-electron chi connectivity index (χ2n) is 4.63. The van der Waals surface area contributed by atoms with Gasteiger partial charge in [0.15, 0.2) is 0 Å². The molecular weight excluding hydrogens is 280 g/mol. The molecule has 0 bridgehead atoms. The lowest BCUT2D eigenvalue weighted by atomic mass is 10.0. The molecule has 2 heterocycles. The van der Waals surface area contributed by atoms with Gasteiger partial charge in [0, 0.05) is 19.4 Å². The molecule has 0 radical (unpaired) electrons. The molecule has 1 aliphatic rings. The van der Waals surface area contributed by atoms with Crippen LogP contribution in [0.1, 0.15) is 12.2 Å². The van der Waals surface area contributed by atoms with E-state index in [4.69, 9.17) is 9.15 Å². The molecule has 0 aliphatic carbocycles. The fourth-order valence-corrected chi connectivity index (χ4v) is 3.34. The van der Waals surface area contributed by atoms with Crippen molar-refractivity contribution in [2.45, 2.75) is 18.6 Å². The molecule has 2 N–H and O–H groups in total. The molecule has 1 fully saturated rings. The summed E-state index contributed by atoms with van der Waals surface area (Å²) in [7, 11) is 1.63. The van der Waals surface area contributed by atoms with Gasteiger partial charge in [0.1, 0.15) is 5.76 Å². The first-order valence-electron chi connectivity index (χ1n) is 6.36. The maximum atomic E-state index is 11.7. The first kappa shape index (κ1) is 14.9. The average molecular weight is 298 g/mol. The largest absolute Gasteiger partial charge is 0.467 e. The molecule has 20 heavy (non-hydrogen) atoms. The third-order valence-electron chi connectivity index (χ3n) is 3.28. The van der Waals surface area contributed by atoms with Crippen molar-refractivity contribution in [2.24, 2.45) is 0 Å². The Balaban J connectivity index is 1.75. The Morgan fingerprint density at radius 2 is 2.25 bits per heavy atom. The Labute approximate surface area is 121 Å². The molecule has 1 atom stereocenters. The number of hydrogen-bond donors (Lipinski definition) is 2. The number of methoxy groups -OCH3 is 1. The van der Waals surface area contributed by atoms with Crippen molar-refractivity contribution >= 4 is 23.6 Å². The van der Waals surface area contributed by atoms with E-state index in [9.17, 15) is 9.59 Å². The summed E-state index contributed by atoms with van der Waals surface area (Å²) in [5.41, 5.74) is -0.346. The van der Waals surface area contributed by atoms with Gasteiger partial charge < -0.3 is 19.8 Å². The van der Waals surface area contributed by atoms with Gasteiger partial charge in [-0.3, -0.25) is 9.59 Å². The standard InChI is InChI=1S/C13H18N2O4S/c1-18-13(4-6-20-9-13)8-15-12(17)11(16)14-7-10-3-2-5-19-10/h2-3,5H,4,6-9H2,1H3,(H,14,16)(H,15,17)/t13-/m0/s1. The third kappa shape index (κ3) is 3.77. The predicted molar refractivity (Wildman–Crippen MR) is 75.2 cm³/mol. The molecule has 6 nitrogen and oxygen atoms in total. The van der Waals surface area contributed by atoms with Crippen LogP contribution in [0.5, 0.6) is 0 Å². The summed E-state index contributed by atoms with van der Waals surface area (Å²) in [6, 6.07) is 3.45. The van der Waals surface area contributed by atoms with Crippen molar-refractivity contribution < 1.29 is 18.7 Å². The van der Waals surface area contributed by atoms with E-state index in [1.807, 2.05) is 0 Å². The number of hydrogen-bond acceptors (Lipinski definition) is 5. The highest BCUT2D eigenvalue weighted by atomic mass is 32.2. The van der Waals surface area contributed by atoms with Gasteiger partial charge in [0.05, 0.1) is 18.4 Å². The first-order valence-corrected chi connectivity index (χ1v) is 7.52. The maximum Gasteiger partial charge on any atom is 0.309 e. The third-order valence-corrected chi connectivity index (χ3v) is 4.50. The lowest BCUT2D eigenvalue weighted by molar-refractivity contribution is -0.140. The van der Waals surface area contributed by atoms with Crippen LogP contribution in [0.3, 0.4) is 0 Å². The Kier molecular flexibility index (Phi) is 5.08. The summed E-state index contributed by atoms with van der Waals surface area (Å²) in [5.74, 6) is 1.13. The van der Waals surface area contributed by atoms with Gasteiger partial charge in [-0.15, -0.1) is 0 Å². The zero-order valence-corrected chi connectivity index (χ0v) is 12.1. The van der Waals surface area contributed by atoms with Crippen LogP contribution in [0.2, 0.25) is 0 Å². The summed E-state index contributed by atoms with van der Waals surface area (Å²) in [4.78, 5) is 23.3. The van der Waals surface area contributed by atoms with Crippen molar-refractivity contribution in [1.29, 1.82) is 0 Å². The summed E-state index contributed by atoms with van der Waals surface area (Å²) < 4.78 is 10.5. The van der Waals surface area contributed by atoms with Gasteiger partial charge in [0.25, 0.3) is 0 Å². The fraction of sp³-hybridized carbons (Fsp3) is 0.538. The van der Waals surface area contributed by atoms with Crippen LogP contribution in [0.25, 0.3) is 0 Å². The number of carbonyl (C=O) groups is 2. The van der Waals surface area contributed by atoms with E-state index in [1.165, 1.54) is 6.26 Å². The highest BCUT2D eigenvalue weighted by molar-refractivity contribution is 7.99. The van der Waals surface area contributed by atoms with E-state index in [0.717, 1.165) is 17.9 Å². The zero-order valence-electron chi connectivity index (χ0n) is 11.3. The number of furan rings is 1. The minimum Gasteiger partial charge on any atom is -0.467 e. The summed E-state index contributed by atoms with van der Waals surface area (Å²) >= 11 is 1.78. The molecule has 2 amide bonds. The van der Waals surface area contributed by atoms with Crippen LogP contribution in [-0.2, 0) is 20.9 Å². The van der Waals surface area contributed by atoms with Crippen LogP contribution in [0, 0.1) is 0 Å². The molecule has 1 aliphatic heterocycles. The molecule has 110 valence electrons. The van der Waals surface area contributed by atoms with E-state index in [0.29, 0.717) is 12.3 Å². The molecule has 1 aromatic heterocycles. The second kappa shape index (κ2) is 6.81. The second-order valence-corrected chi connectivity index (χ2v) is 5.74. The Morgan fingerprint density at radius 3 is 2.85 bits per heavy atom. The highest BCUT2D eigenvalue weighted by Gasteiger charge is 2.35. The topological polar surface area (TPSA) is 80.6 Å². The molecular formula is C13H18N2O4S. The van der Waals surface area contributed by atoms with E-state index < -0.39 is 11.8 Å². The van der Waals surface area contributed by atoms with Crippen LogP contribution >= 0.6 is 11.8 Å². The Bertz CT molecular complexity index is 455. The fourth-order valence-electron chi connectivity index (χ4n) is 1.94. The lowest BCUT2D eigenvalue weighted by Gasteiger charge is -2.26. The van der Waals surface area contributed by atoms with Gasteiger partial charge in [-0.05, 0) is 24.3 Å². The van der Waals surface area contributed by atoms with Crippen LogP contribution in [0.15, 0.2) is 22.8 Å². The molecule has 0 unspecified atom stereocenters. The van der Waals surface area contributed by atoms with Crippen molar-refractivity contribution in [3.05, 3.63) is 24.2 Å². The normalized spacial score (nSPS) is 21.6. The molecule has 1 aromatic rings. The average Bonchev–Trinajstić information content (AvgIpc) is 3.14. The molecule has 0 saturated carbocycles. The first-order chi connectivity index (χ1) is 9.65. The summed E-state index contributed by atoms with van der Waals surface area (Å²) in [6.45, 7) is 0.550. The van der Waals surface area contributed by atoms with Gasteiger partial charge >= 0.3 is 11.8 Å². The summed E-state index contributed by atoms with van der Waals surface area (Å²) in [5, 5.41) is 5.13. The van der Waals surface area contributed by atoms with Crippen molar-refractivity contribution in [1.82, 2.24) is 10.6 Å². The SMILES string of the molecule is CO[C@]1(CNC(=O)C(=O)NCc2ccco2)CCSC1. The number of rotatable bonds is 5. The molecule has 1 saturated heterocycles. The van der Waals surface area contributed by atoms with Crippen molar-refractivity contribution in [3.63, 3.8) is 0 Å². The van der Waals surface area contributed by atoms with Crippen LogP contribution < -0.4 is 10.6 Å². The van der Waals surface area contributed by atoms with Gasteiger partial charge in [0.2, 0.25) is 0 Å². The minimum absolute atomic E-state index is 0.199. The number of carbonyl (C=O) groups excluding carboxylic acids is 2. The molecule has 0 aromatic carbocycles. The molecule has 0 spiro atoms. The lowest BCUT2D eigenvalue weighted by Crippen LogP contribution is -2.48. The smallest absolute Gasteiger partial charge is 0.309 e. The van der Waals surface area contributed by atoms with E-state index >= 15 is 0 Å². The van der Waals surface area contributed by atoms with Crippen LogP contribution in [0.4, 0.5) is 0 Å². The predicted octanol–water partition coefficient (Wildman–Crippen LogP) is 0.534. The van der Waals surface area contributed by atoms with Gasteiger partial charge in [-0.2, -0.15) is 11.8 Å². The Hall–Kier alpha value is -1.47. The number of amides is 2. The summed E-state index contributed by atoms with van der Waals surface area (Å²) in [6.07, 6.45) is 2.39. The van der Waals surface area contributed by atoms with E-state index in [1.54, 1.807) is 31.0 Å². The number of thioether (sulfide) groups is 1. The number of ether oxygens (including phenoxy) is 1. The number of nitrogens with one attached hydrogen (secondary N) is 2. The molecule has 7 heteroatoms. The van der Waals surface area contributed by atoms with Crippen LogP contribution in [-0.4, -0.2) is 42.6 Å². The van der Waals surface area contributed by atoms with Gasteiger partial charge in [-0.25, -0.2) is 0 Å². The van der Waals surface area contributed by atoms with E-state index in [-0.39, 0.29) is 12.1 Å². The highest BCUT2D eigenvalue weighted by Crippen LogP contribution is 2.30. The molecule has 2 rings (SSSR count). The zero-order chi connectivity index (χ0) is 14.4. The van der Waals surface area contributed by atoms with Gasteiger partial charge in [-0.1, -0.05) is 0 Å². The quantitative estimate of drug-likeness (QED) is 0.775. The van der Waals surface area contributed by atoms with Crippen molar-refractivity contribution in [2.75, 3.05) is 25.2 Å². The van der Waals surface area contributed by atoms with Crippen molar-refractivity contribution in [3.8, 4) is 0 Å². The van der Waals surface area contributed by atoms with E-state index in [2.05, 4.69) is 10.6 Å². The Morgan fingerprint density at radius 1 is 1.45 bits per heavy atom. The minimum atomic E-state index is -0.668. The maximum absolute atomic E-state index is 11.7. The monoisotopic (exact) mass is 298 g/mol.